The van der Waals surface area contributed by atoms with Crippen molar-refractivity contribution in [3.8, 4) is 11.4 Å². The number of hydrogen-bond donors (Lipinski definition) is 2. The highest BCUT2D eigenvalue weighted by Crippen LogP contribution is 2.27. The number of rotatable bonds is 10. The highest BCUT2D eigenvalue weighted by Gasteiger charge is 2.26. The Morgan fingerprint density at radius 2 is 1.97 bits per heavy atom. The fourth-order valence-corrected chi connectivity index (χ4v) is 4.08. The molecule has 2 aromatic heterocycles. The quantitative estimate of drug-likeness (QED) is 0.415. The lowest BCUT2D eigenvalue weighted by Gasteiger charge is -2.23. The summed E-state index contributed by atoms with van der Waals surface area (Å²) in [6, 6.07) is 8.02. The summed E-state index contributed by atoms with van der Waals surface area (Å²) in [5, 5.41) is 10.2. The number of aromatic nitrogens is 3. The SMILES string of the molecule is Cc1cc(-c2nc3cc(CCC(C(=O)OCC(C)(C)C)[C@@H](C)O)ccc3n2CCN(C)C)c[nH]c1=O. The van der Waals surface area contributed by atoms with E-state index in [9.17, 15) is 14.7 Å². The van der Waals surface area contributed by atoms with Crippen molar-refractivity contribution in [1.29, 1.82) is 0 Å². The van der Waals surface area contributed by atoms with Crippen LogP contribution in [0.3, 0.4) is 0 Å². The van der Waals surface area contributed by atoms with Gasteiger partial charge < -0.3 is 24.3 Å². The zero-order valence-corrected chi connectivity index (χ0v) is 22.6. The first kappa shape index (κ1) is 27.6. The van der Waals surface area contributed by atoms with Crippen LogP contribution in [0.25, 0.3) is 22.4 Å². The van der Waals surface area contributed by atoms with Crippen molar-refractivity contribution in [1.82, 2.24) is 19.4 Å². The zero-order chi connectivity index (χ0) is 26.6. The largest absolute Gasteiger partial charge is 0.465 e. The minimum Gasteiger partial charge on any atom is -0.465 e. The number of carbonyl (C=O) groups is 1. The lowest BCUT2D eigenvalue weighted by Crippen LogP contribution is -2.30. The van der Waals surface area contributed by atoms with E-state index in [1.807, 2.05) is 47.0 Å². The van der Waals surface area contributed by atoms with Crippen LogP contribution in [0.4, 0.5) is 0 Å². The van der Waals surface area contributed by atoms with Gasteiger partial charge in [0.15, 0.2) is 0 Å². The Morgan fingerprint density at radius 1 is 1.25 bits per heavy atom. The fourth-order valence-electron chi connectivity index (χ4n) is 4.08. The van der Waals surface area contributed by atoms with Gasteiger partial charge in [0.2, 0.25) is 0 Å². The molecule has 0 aliphatic heterocycles. The van der Waals surface area contributed by atoms with Crippen molar-refractivity contribution in [2.24, 2.45) is 11.3 Å². The molecular weight excluding hydrogens is 456 g/mol. The Hall–Kier alpha value is -2.97. The molecular formula is C28H40N4O4. The van der Waals surface area contributed by atoms with Crippen LogP contribution < -0.4 is 5.56 Å². The van der Waals surface area contributed by atoms with Gasteiger partial charge in [-0.1, -0.05) is 26.8 Å². The zero-order valence-electron chi connectivity index (χ0n) is 22.6. The van der Waals surface area contributed by atoms with Crippen molar-refractivity contribution in [3.05, 3.63) is 51.9 Å². The third kappa shape index (κ3) is 7.04. The van der Waals surface area contributed by atoms with Gasteiger partial charge in [-0.2, -0.15) is 0 Å². The molecule has 1 aromatic carbocycles. The molecule has 8 heteroatoms. The second-order valence-corrected chi connectivity index (χ2v) is 11.2. The van der Waals surface area contributed by atoms with Gasteiger partial charge in [0, 0.05) is 30.4 Å². The highest BCUT2D eigenvalue weighted by molar-refractivity contribution is 5.81. The summed E-state index contributed by atoms with van der Waals surface area (Å²) in [7, 11) is 4.07. The molecule has 8 nitrogen and oxygen atoms in total. The number of hydrogen-bond acceptors (Lipinski definition) is 6. The number of imidazole rings is 1. The van der Waals surface area contributed by atoms with E-state index < -0.39 is 12.0 Å². The maximum absolute atomic E-state index is 12.6. The second-order valence-electron chi connectivity index (χ2n) is 11.2. The number of ether oxygens (including phenoxy) is 1. The van der Waals surface area contributed by atoms with Crippen LogP contribution in [0.2, 0.25) is 0 Å². The highest BCUT2D eigenvalue weighted by atomic mass is 16.5. The molecule has 0 saturated carbocycles. The Balaban J connectivity index is 1.87. The normalized spacial score (nSPS) is 13.8. The van der Waals surface area contributed by atoms with Gasteiger partial charge in [-0.25, -0.2) is 4.98 Å². The van der Waals surface area contributed by atoms with Gasteiger partial charge in [0.1, 0.15) is 5.82 Å². The van der Waals surface area contributed by atoms with Gasteiger partial charge >= 0.3 is 5.97 Å². The molecule has 0 fully saturated rings. The van der Waals surface area contributed by atoms with Gasteiger partial charge in [-0.3, -0.25) is 9.59 Å². The molecule has 3 aromatic rings. The van der Waals surface area contributed by atoms with Crippen LogP contribution in [-0.4, -0.2) is 63.9 Å². The average molecular weight is 497 g/mol. The summed E-state index contributed by atoms with van der Waals surface area (Å²) in [6.07, 6.45) is 2.02. The van der Waals surface area contributed by atoms with Crippen molar-refractivity contribution >= 4 is 17.0 Å². The summed E-state index contributed by atoms with van der Waals surface area (Å²) in [5.74, 6) is -0.138. The molecule has 0 bridgehead atoms. The van der Waals surface area contributed by atoms with Crippen molar-refractivity contribution in [3.63, 3.8) is 0 Å². The molecule has 0 amide bonds. The molecule has 1 unspecified atom stereocenters. The van der Waals surface area contributed by atoms with E-state index in [0.717, 1.165) is 41.1 Å². The predicted octanol–water partition coefficient (Wildman–Crippen LogP) is 3.78. The topological polar surface area (TPSA) is 100 Å². The summed E-state index contributed by atoms with van der Waals surface area (Å²) < 4.78 is 7.65. The molecule has 0 aliphatic rings. The monoisotopic (exact) mass is 496 g/mol. The molecule has 3 rings (SSSR count). The molecule has 36 heavy (non-hydrogen) atoms. The van der Waals surface area contributed by atoms with Crippen molar-refractivity contribution in [2.75, 3.05) is 27.2 Å². The lowest BCUT2D eigenvalue weighted by molar-refractivity contribution is -0.155. The summed E-state index contributed by atoms with van der Waals surface area (Å²) in [6.45, 7) is 11.4. The number of pyridine rings is 1. The number of nitrogens with one attached hydrogen (secondary N) is 1. The van der Waals surface area contributed by atoms with Crippen LogP contribution in [0.15, 0.2) is 35.3 Å². The van der Waals surface area contributed by atoms with Crippen LogP contribution in [-0.2, 0) is 22.5 Å². The van der Waals surface area contributed by atoms with Gasteiger partial charge in [-0.05, 0) is 70.0 Å². The fraction of sp³-hybridized carbons (Fsp3) is 0.536. The standard InChI is InChI=1S/C28H40N4O4/c1-18-14-21(16-29-26(18)34)25-30-23-15-20(9-11-24(23)32(25)13-12-31(6)7)8-10-22(19(2)33)27(35)36-17-28(3,4)5/h9,11,14-16,19,22,33H,8,10,12-13,17H2,1-7H3,(H,29,34)/t19-,22?/m1/s1. The van der Waals surface area contributed by atoms with Crippen LogP contribution in [0.5, 0.6) is 0 Å². The molecule has 2 atom stereocenters. The smallest absolute Gasteiger partial charge is 0.311 e. The number of H-pyrrole nitrogens is 1. The van der Waals surface area contributed by atoms with Crippen molar-refractivity contribution < 1.29 is 14.6 Å². The number of aliphatic hydroxyl groups excluding tert-OH is 1. The predicted molar refractivity (Wildman–Crippen MR) is 143 cm³/mol. The second kappa shape index (κ2) is 11.4. The number of esters is 1. The number of nitrogens with zero attached hydrogens (tertiary/aromatic N) is 3. The van der Waals surface area contributed by atoms with Crippen LogP contribution in [0.1, 0.15) is 45.2 Å². The van der Waals surface area contributed by atoms with Crippen molar-refractivity contribution in [2.45, 2.75) is 60.1 Å². The number of aryl methyl sites for hydroxylation is 2. The summed E-state index contributed by atoms with van der Waals surface area (Å²) >= 11 is 0. The van der Waals surface area contributed by atoms with E-state index in [4.69, 9.17) is 9.72 Å². The van der Waals surface area contributed by atoms with Crippen LogP contribution >= 0.6 is 0 Å². The summed E-state index contributed by atoms with van der Waals surface area (Å²) in [5.41, 5.74) is 4.17. The van der Waals surface area contributed by atoms with E-state index in [2.05, 4.69) is 26.6 Å². The minimum absolute atomic E-state index is 0.106. The number of aromatic amines is 1. The maximum atomic E-state index is 12.6. The first-order valence-corrected chi connectivity index (χ1v) is 12.5. The molecule has 196 valence electrons. The first-order chi connectivity index (χ1) is 16.9. The molecule has 0 aliphatic carbocycles. The summed E-state index contributed by atoms with van der Waals surface area (Å²) in [4.78, 5) is 34.4. The maximum Gasteiger partial charge on any atom is 0.311 e. The first-order valence-electron chi connectivity index (χ1n) is 12.5. The average Bonchev–Trinajstić information content (AvgIpc) is 3.15. The Bertz CT molecular complexity index is 1250. The lowest BCUT2D eigenvalue weighted by atomic mass is 9.94. The van der Waals surface area contributed by atoms with Gasteiger partial charge in [0.25, 0.3) is 5.56 Å². The number of carbonyl (C=O) groups excluding carboxylic acids is 1. The van der Waals surface area contributed by atoms with Crippen LogP contribution in [0, 0.1) is 18.3 Å². The van der Waals surface area contributed by atoms with Gasteiger partial charge in [-0.15, -0.1) is 0 Å². The van der Waals surface area contributed by atoms with E-state index in [0.29, 0.717) is 25.0 Å². The Morgan fingerprint density at radius 3 is 2.58 bits per heavy atom. The van der Waals surface area contributed by atoms with Gasteiger partial charge in [0.05, 0.1) is 29.7 Å². The number of benzene rings is 1. The molecule has 0 spiro atoms. The molecule has 2 N–H and O–H groups in total. The van der Waals surface area contributed by atoms with E-state index in [1.165, 1.54) is 0 Å². The molecule has 0 saturated heterocycles. The molecule has 2 heterocycles. The van der Waals surface area contributed by atoms with E-state index >= 15 is 0 Å². The molecule has 0 radical (unpaired) electrons. The van der Waals surface area contributed by atoms with E-state index in [-0.39, 0.29) is 16.9 Å². The number of fused-ring (bicyclic) bond motifs is 1. The Labute approximate surface area is 213 Å². The third-order valence-electron chi connectivity index (χ3n) is 6.21. The minimum atomic E-state index is -0.790. The Kier molecular flexibility index (Phi) is 8.74. The third-order valence-corrected chi connectivity index (χ3v) is 6.21. The number of aliphatic hydroxyl groups is 1. The number of likely N-dealkylation sites (N-methyl/N-ethyl adjacent to an activating group) is 1. The van der Waals surface area contributed by atoms with E-state index in [1.54, 1.807) is 20.0 Å².